The average molecular weight is 189 g/mol. The van der Waals surface area contributed by atoms with Crippen LogP contribution in [0.4, 0.5) is 5.69 Å². The summed E-state index contributed by atoms with van der Waals surface area (Å²) >= 11 is 0. The van der Waals surface area contributed by atoms with Gasteiger partial charge in [-0.05, 0) is 12.1 Å². The fourth-order valence-electron chi connectivity index (χ4n) is 1.04. The molecule has 1 rings (SSSR count). The predicted octanol–water partition coefficient (Wildman–Crippen LogP) is -1.43. The summed E-state index contributed by atoms with van der Waals surface area (Å²) < 4.78 is 0. The largest absolute Gasteiger partial charge is 1.00 e. The molecule has 0 saturated heterocycles. The van der Waals surface area contributed by atoms with E-state index in [9.17, 15) is 4.79 Å². The molecular formula is C9H12NNaO2. The Morgan fingerprint density at radius 1 is 1.38 bits per heavy atom. The summed E-state index contributed by atoms with van der Waals surface area (Å²) in [4.78, 5) is 12.5. The van der Waals surface area contributed by atoms with E-state index in [1.165, 1.54) is 0 Å². The zero-order valence-electron chi connectivity index (χ0n) is 9.11. The number of nitrogens with zero attached hydrogens (tertiary/aromatic N) is 1. The molecule has 1 aromatic carbocycles. The van der Waals surface area contributed by atoms with E-state index in [4.69, 9.17) is 5.11 Å². The molecule has 0 radical (unpaired) electrons. The van der Waals surface area contributed by atoms with Gasteiger partial charge in [0.05, 0.1) is 11.3 Å². The molecule has 0 atom stereocenters. The van der Waals surface area contributed by atoms with Gasteiger partial charge in [-0.3, -0.25) is 0 Å². The van der Waals surface area contributed by atoms with Gasteiger partial charge in [0.25, 0.3) is 0 Å². The van der Waals surface area contributed by atoms with E-state index in [0.717, 1.165) is 5.69 Å². The molecule has 1 aromatic rings. The van der Waals surface area contributed by atoms with Crippen molar-refractivity contribution in [2.75, 3.05) is 19.0 Å². The molecule has 13 heavy (non-hydrogen) atoms. The van der Waals surface area contributed by atoms with Crippen LogP contribution in [0.25, 0.3) is 0 Å². The summed E-state index contributed by atoms with van der Waals surface area (Å²) in [5, 5.41) is 8.79. The Labute approximate surface area is 101 Å². The molecule has 0 aliphatic rings. The van der Waals surface area contributed by atoms with Crippen LogP contribution in [0.2, 0.25) is 0 Å². The van der Waals surface area contributed by atoms with E-state index in [1.54, 1.807) is 23.1 Å². The van der Waals surface area contributed by atoms with E-state index in [-0.39, 0.29) is 31.0 Å². The second-order valence-electron chi connectivity index (χ2n) is 2.72. The third-order valence-corrected chi connectivity index (χ3v) is 1.62. The van der Waals surface area contributed by atoms with Gasteiger partial charge in [-0.25, -0.2) is 4.79 Å². The summed E-state index contributed by atoms with van der Waals surface area (Å²) in [6.07, 6.45) is 0. The molecule has 3 nitrogen and oxygen atoms in total. The predicted molar refractivity (Wildman–Crippen MR) is 48.8 cm³/mol. The van der Waals surface area contributed by atoms with Gasteiger partial charge in [0.2, 0.25) is 0 Å². The zero-order chi connectivity index (χ0) is 9.14. The molecule has 0 fully saturated rings. The SMILES string of the molecule is CN(C)c1ccccc1C(=O)O.[H-].[Na+]. The van der Waals surface area contributed by atoms with Crippen LogP contribution < -0.4 is 34.5 Å². The average Bonchev–Trinajstić information content (AvgIpc) is 2.04. The van der Waals surface area contributed by atoms with Crippen molar-refractivity contribution in [1.29, 1.82) is 0 Å². The molecule has 4 heteroatoms. The molecule has 0 bridgehead atoms. The van der Waals surface area contributed by atoms with Gasteiger partial charge in [-0.2, -0.15) is 0 Å². The first kappa shape index (κ1) is 12.5. The monoisotopic (exact) mass is 189 g/mol. The number of carboxylic acids is 1. The van der Waals surface area contributed by atoms with Crippen LogP contribution in [0.5, 0.6) is 0 Å². The molecule has 0 spiro atoms. The minimum atomic E-state index is -0.890. The number of hydrogen-bond acceptors (Lipinski definition) is 2. The molecule has 0 amide bonds. The van der Waals surface area contributed by atoms with E-state index in [1.807, 2.05) is 20.2 Å². The Hall–Kier alpha value is -0.510. The number of carbonyl (C=O) groups is 1. The van der Waals surface area contributed by atoms with Crippen LogP contribution >= 0.6 is 0 Å². The van der Waals surface area contributed by atoms with Gasteiger partial charge in [-0.1, -0.05) is 12.1 Å². The second kappa shape index (κ2) is 5.27. The molecule has 0 heterocycles. The van der Waals surface area contributed by atoms with Crippen molar-refractivity contribution in [3.8, 4) is 0 Å². The van der Waals surface area contributed by atoms with Crippen LogP contribution in [0.1, 0.15) is 11.8 Å². The van der Waals surface area contributed by atoms with Crippen molar-refractivity contribution in [3.05, 3.63) is 29.8 Å². The van der Waals surface area contributed by atoms with Crippen molar-refractivity contribution in [1.82, 2.24) is 0 Å². The first-order chi connectivity index (χ1) is 5.63. The molecular weight excluding hydrogens is 177 g/mol. The standard InChI is InChI=1S/C9H11NO2.Na.H/c1-10(2)8-6-4-3-5-7(8)9(11)12;;/h3-6H,1-2H3,(H,11,12);;/q;+1;-1. The molecule has 0 saturated carbocycles. The molecule has 0 aliphatic carbocycles. The number of hydrogen-bond donors (Lipinski definition) is 1. The second-order valence-corrected chi connectivity index (χ2v) is 2.72. The Morgan fingerprint density at radius 2 is 1.92 bits per heavy atom. The number of carboxylic acid groups (broad SMARTS) is 1. The number of para-hydroxylation sites is 1. The summed E-state index contributed by atoms with van der Waals surface area (Å²) in [6, 6.07) is 6.92. The summed E-state index contributed by atoms with van der Waals surface area (Å²) in [5.74, 6) is -0.890. The van der Waals surface area contributed by atoms with Crippen molar-refractivity contribution < 1.29 is 40.9 Å². The van der Waals surface area contributed by atoms with Gasteiger partial charge >= 0.3 is 35.5 Å². The van der Waals surface area contributed by atoms with Crippen molar-refractivity contribution in [2.24, 2.45) is 0 Å². The fraction of sp³-hybridized carbons (Fsp3) is 0.222. The van der Waals surface area contributed by atoms with Crippen LogP contribution in [0.3, 0.4) is 0 Å². The van der Waals surface area contributed by atoms with Crippen LogP contribution in [-0.4, -0.2) is 25.2 Å². The Bertz CT molecular complexity index is 305. The third kappa shape index (κ3) is 3.03. The summed E-state index contributed by atoms with van der Waals surface area (Å²) in [6.45, 7) is 0. The number of benzene rings is 1. The maximum Gasteiger partial charge on any atom is 1.00 e. The Balaban J connectivity index is 0. The minimum Gasteiger partial charge on any atom is -1.00 e. The molecule has 0 aromatic heterocycles. The van der Waals surface area contributed by atoms with Gasteiger partial charge in [0, 0.05) is 14.1 Å². The maximum atomic E-state index is 10.7. The van der Waals surface area contributed by atoms with Crippen molar-refractivity contribution >= 4 is 11.7 Å². The molecule has 0 aliphatic heterocycles. The topological polar surface area (TPSA) is 40.5 Å². The number of anilines is 1. The Kier molecular flexibility index (Phi) is 5.06. The van der Waals surface area contributed by atoms with Gasteiger partial charge in [0.1, 0.15) is 0 Å². The normalized spacial score (nSPS) is 8.77. The Morgan fingerprint density at radius 3 is 2.31 bits per heavy atom. The van der Waals surface area contributed by atoms with Gasteiger partial charge in [-0.15, -0.1) is 0 Å². The van der Waals surface area contributed by atoms with Crippen LogP contribution in [-0.2, 0) is 0 Å². The number of aromatic carboxylic acids is 1. The smallest absolute Gasteiger partial charge is 1.00 e. The van der Waals surface area contributed by atoms with Crippen LogP contribution in [0.15, 0.2) is 24.3 Å². The number of rotatable bonds is 2. The first-order valence-electron chi connectivity index (χ1n) is 3.62. The molecule has 66 valence electrons. The maximum absolute atomic E-state index is 10.7. The van der Waals surface area contributed by atoms with Crippen LogP contribution in [0, 0.1) is 0 Å². The zero-order valence-corrected chi connectivity index (χ0v) is 10.1. The summed E-state index contributed by atoms with van der Waals surface area (Å²) in [5.41, 5.74) is 1.06. The van der Waals surface area contributed by atoms with Gasteiger partial charge < -0.3 is 11.4 Å². The fourth-order valence-corrected chi connectivity index (χ4v) is 1.04. The van der Waals surface area contributed by atoms with E-state index in [2.05, 4.69) is 0 Å². The van der Waals surface area contributed by atoms with Crippen molar-refractivity contribution in [2.45, 2.75) is 0 Å². The molecule has 1 N–H and O–H groups in total. The third-order valence-electron chi connectivity index (χ3n) is 1.62. The quantitative estimate of drug-likeness (QED) is 0.580. The van der Waals surface area contributed by atoms with E-state index >= 15 is 0 Å². The minimum absolute atomic E-state index is 0. The van der Waals surface area contributed by atoms with Gasteiger partial charge in [0.15, 0.2) is 0 Å². The summed E-state index contributed by atoms with van der Waals surface area (Å²) in [7, 11) is 3.64. The van der Waals surface area contributed by atoms with Crippen molar-refractivity contribution in [3.63, 3.8) is 0 Å². The van der Waals surface area contributed by atoms with E-state index in [0.29, 0.717) is 5.56 Å². The molecule has 0 unspecified atom stereocenters. The van der Waals surface area contributed by atoms with E-state index < -0.39 is 5.97 Å². The first-order valence-corrected chi connectivity index (χ1v) is 3.62.